The molecule has 0 radical (unpaired) electrons. The minimum absolute atomic E-state index is 0.0132. The lowest BCUT2D eigenvalue weighted by Crippen LogP contribution is -2.41. The van der Waals surface area contributed by atoms with Gasteiger partial charge in [-0.15, -0.1) is 0 Å². The van der Waals surface area contributed by atoms with Gasteiger partial charge in [0, 0.05) is 18.3 Å². The van der Waals surface area contributed by atoms with Crippen molar-refractivity contribution < 1.29 is 14.0 Å². The Balaban J connectivity index is 1.77. The highest BCUT2D eigenvalue weighted by molar-refractivity contribution is 6.21. The number of amides is 2. The zero-order chi connectivity index (χ0) is 22.4. The second-order valence-corrected chi connectivity index (χ2v) is 7.60. The van der Waals surface area contributed by atoms with Crippen LogP contribution in [0.25, 0.3) is 0 Å². The second kappa shape index (κ2) is 10.1. The number of hydrogen-bond acceptors (Lipinski definition) is 5. The molecule has 31 heavy (non-hydrogen) atoms. The molecule has 3 rings (SSSR count). The normalized spacial score (nSPS) is 16.0. The van der Waals surface area contributed by atoms with Crippen LogP contribution in [0.3, 0.4) is 0 Å². The van der Waals surface area contributed by atoms with Crippen molar-refractivity contribution in [3.05, 3.63) is 95.0 Å². The summed E-state index contributed by atoms with van der Waals surface area (Å²) in [4.78, 5) is 26.8. The summed E-state index contributed by atoms with van der Waals surface area (Å²) in [7, 11) is 0. The van der Waals surface area contributed by atoms with E-state index in [-0.39, 0.29) is 30.2 Å². The summed E-state index contributed by atoms with van der Waals surface area (Å²) in [6, 6.07) is 12.6. The number of nitrogens with one attached hydrogen (secondary N) is 2. The van der Waals surface area contributed by atoms with E-state index in [1.165, 1.54) is 17.0 Å². The van der Waals surface area contributed by atoms with E-state index in [4.69, 9.17) is 5.84 Å². The first-order valence-electron chi connectivity index (χ1n) is 10.2. The Morgan fingerprint density at radius 1 is 1.13 bits per heavy atom. The number of benzene rings is 2. The number of allylic oxidation sites excluding steroid dienone is 3. The van der Waals surface area contributed by atoms with Gasteiger partial charge in [0.2, 0.25) is 0 Å². The summed E-state index contributed by atoms with van der Waals surface area (Å²) < 4.78 is 13.9. The van der Waals surface area contributed by atoms with Gasteiger partial charge < -0.3 is 10.7 Å². The molecule has 2 aromatic carbocycles. The Hall–Kier alpha value is -3.29. The Kier molecular flexibility index (Phi) is 7.33. The average molecular weight is 423 g/mol. The molecule has 0 aromatic heterocycles. The molecular weight excluding hydrogens is 395 g/mol. The number of imide groups is 1. The fraction of sp³-hybridized carbons (Fsp3) is 0.250. The first-order chi connectivity index (χ1) is 14.9. The molecule has 0 spiro atoms. The molecule has 4 N–H and O–H groups in total. The number of hydrogen-bond donors (Lipinski definition) is 3. The van der Waals surface area contributed by atoms with Crippen molar-refractivity contribution in [3.63, 3.8) is 0 Å². The second-order valence-electron chi connectivity index (χ2n) is 7.60. The van der Waals surface area contributed by atoms with Gasteiger partial charge >= 0.3 is 0 Å². The molecular formula is C24H27FN4O2. The van der Waals surface area contributed by atoms with E-state index in [9.17, 15) is 14.0 Å². The van der Waals surface area contributed by atoms with E-state index in [1.54, 1.807) is 36.4 Å². The third-order valence-electron chi connectivity index (χ3n) is 5.18. The van der Waals surface area contributed by atoms with Gasteiger partial charge in [-0.2, -0.15) is 0 Å². The lowest BCUT2D eigenvalue weighted by atomic mass is 10.0. The molecule has 0 saturated heterocycles. The van der Waals surface area contributed by atoms with Crippen LogP contribution in [0, 0.1) is 5.82 Å². The minimum Gasteiger partial charge on any atom is -0.329 e. The third-order valence-corrected chi connectivity index (χ3v) is 5.18. The van der Waals surface area contributed by atoms with E-state index >= 15 is 0 Å². The van der Waals surface area contributed by atoms with E-state index in [1.807, 2.05) is 32.1 Å². The third kappa shape index (κ3) is 5.45. The number of hydrazine groups is 1. The first kappa shape index (κ1) is 22.4. The average Bonchev–Trinajstić information content (AvgIpc) is 3.01. The van der Waals surface area contributed by atoms with E-state index in [2.05, 4.69) is 10.7 Å². The smallest absolute Gasteiger partial charge is 0.261 e. The van der Waals surface area contributed by atoms with Gasteiger partial charge in [-0.05, 0) is 56.2 Å². The van der Waals surface area contributed by atoms with Crippen molar-refractivity contribution >= 4 is 11.8 Å². The fourth-order valence-electron chi connectivity index (χ4n) is 3.52. The SMILES string of the molecule is C/C(=C\C=C/C[C@@H](C)NC(CN1C(=O)c2ccccc2C1=O)c1cccc(F)c1)NN. The van der Waals surface area contributed by atoms with E-state index in [0.29, 0.717) is 23.1 Å². The van der Waals surface area contributed by atoms with Gasteiger partial charge in [-0.25, -0.2) is 4.39 Å². The molecule has 0 fully saturated rings. The largest absolute Gasteiger partial charge is 0.329 e. The van der Waals surface area contributed by atoms with Gasteiger partial charge in [0.05, 0.1) is 17.2 Å². The maximum atomic E-state index is 13.9. The van der Waals surface area contributed by atoms with Crippen LogP contribution in [0.15, 0.2) is 72.5 Å². The topological polar surface area (TPSA) is 87.5 Å². The van der Waals surface area contributed by atoms with E-state index < -0.39 is 6.04 Å². The van der Waals surface area contributed by atoms with Gasteiger partial charge in [-0.1, -0.05) is 36.4 Å². The van der Waals surface area contributed by atoms with Crippen molar-refractivity contribution in [2.45, 2.75) is 32.4 Å². The molecule has 2 aromatic rings. The van der Waals surface area contributed by atoms with E-state index in [0.717, 1.165) is 5.70 Å². The van der Waals surface area contributed by atoms with Crippen LogP contribution in [0.2, 0.25) is 0 Å². The summed E-state index contributed by atoms with van der Waals surface area (Å²) in [6.07, 6.45) is 6.44. The highest BCUT2D eigenvalue weighted by atomic mass is 19.1. The van der Waals surface area contributed by atoms with Crippen LogP contribution in [0.5, 0.6) is 0 Å². The quantitative estimate of drug-likeness (QED) is 0.249. The maximum Gasteiger partial charge on any atom is 0.261 e. The Labute approximate surface area is 181 Å². The molecule has 162 valence electrons. The lowest BCUT2D eigenvalue weighted by molar-refractivity contribution is 0.0636. The summed E-state index contributed by atoms with van der Waals surface area (Å²) in [5.74, 6) is 4.31. The molecule has 1 aliphatic rings. The van der Waals surface area contributed by atoms with Crippen molar-refractivity contribution in [2.75, 3.05) is 6.54 Å². The monoisotopic (exact) mass is 422 g/mol. The zero-order valence-electron chi connectivity index (χ0n) is 17.6. The van der Waals surface area contributed by atoms with Crippen LogP contribution in [0.4, 0.5) is 4.39 Å². The van der Waals surface area contributed by atoms with Crippen LogP contribution in [-0.2, 0) is 0 Å². The summed E-state index contributed by atoms with van der Waals surface area (Å²) in [5.41, 5.74) is 4.87. The maximum absolute atomic E-state index is 13.9. The van der Waals surface area contributed by atoms with Crippen LogP contribution >= 0.6 is 0 Å². The van der Waals surface area contributed by atoms with Crippen molar-refractivity contribution in [2.24, 2.45) is 5.84 Å². The molecule has 7 heteroatoms. The van der Waals surface area contributed by atoms with Crippen molar-refractivity contribution in [3.8, 4) is 0 Å². The number of carbonyl (C=O) groups excluding carboxylic acids is 2. The lowest BCUT2D eigenvalue weighted by Gasteiger charge is -2.27. The van der Waals surface area contributed by atoms with Crippen molar-refractivity contribution in [1.82, 2.24) is 15.6 Å². The van der Waals surface area contributed by atoms with Crippen LogP contribution in [0.1, 0.15) is 52.6 Å². The molecule has 2 atom stereocenters. The number of fused-ring (bicyclic) bond motifs is 1. The minimum atomic E-state index is -0.413. The predicted octanol–water partition coefficient (Wildman–Crippen LogP) is 3.45. The van der Waals surface area contributed by atoms with Crippen molar-refractivity contribution in [1.29, 1.82) is 0 Å². The van der Waals surface area contributed by atoms with Crippen LogP contribution in [-0.4, -0.2) is 29.3 Å². The molecule has 2 amide bonds. The number of nitrogens with two attached hydrogens (primary N) is 1. The highest BCUT2D eigenvalue weighted by Gasteiger charge is 2.36. The fourth-order valence-corrected chi connectivity index (χ4v) is 3.52. The molecule has 1 unspecified atom stereocenters. The van der Waals surface area contributed by atoms with Gasteiger partial charge in [-0.3, -0.25) is 20.3 Å². The Morgan fingerprint density at radius 2 is 1.81 bits per heavy atom. The first-order valence-corrected chi connectivity index (χ1v) is 10.2. The van der Waals surface area contributed by atoms with Gasteiger partial charge in [0.25, 0.3) is 11.8 Å². The molecule has 0 bridgehead atoms. The molecule has 1 heterocycles. The highest BCUT2D eigenvalue weighted by Crippen LogP contribution is 2.26. The number of nitrogens with zero attached hydrogens (tertiary/aromatic N) is 1. The molecule has 1 aliphatic heterocycles. The van der Waals surface area contributed by atoms with Gasteiger partial charge in [0.15, 0.2) is 0 Å². The Bertz CT molecular complexity index is 983. The predicted molar refractivity (Wildman–Crippen MR) is 118 cm³/mol. The summed E-state index contributed by atoms with van der Waals surface area (Å²) in [6.45, 7) is 3.96. The number of rotatable bonds is 9. The molecule has 6 nitrogen and oxygen atoms in total. The van der Waals surface area contributed by atoms with Crippen LogP contribution < -0.4 is 16.6 Å². The number of halogens is 1. The summed E-state index contributed by atoms with van der Waals surface area (Å²) >= 11 is 0. The molecule has 0 aliphatic carbocycles. The summed E-state index contributed by atoms with van der Waals surface area (Å²) in [5, 5.41) is 3.43. The standard InChI is InChI=1S/C24H27FN4O2/c1-16(8-3-4-9-17(2)28-26)27-22(18-10-7-11-19(25)14-18)15-29-23(30)20-12-5-6-13-21(20)24(29)31/h3-7,9-14,16,22,27-28H,8,15,26H2,1-2H3/b4-3-,17-9+/t16-,22?/m1/s1. The number of carbonyl (C=O) groups is 2. The Morgan fingerprint density at radius 3 is 2.42 bits per heavy atom. The van der Waals surface area contributed by atoms with Gasteiger partial charge in [0.1, 0.15) is 5.82 Å². The zero-order valence-corrected chi connectivity index (χ0v) is 17.6. The molecule has 0 saturated carbocycles.